The Morgan fingerprint density at radius 2 is 2.00 bits per heavy atom. The fourth-order valence-electron chi connectivity index (χ4n) is 3.52. The Hall–Kier alpha value is -2.05. The topological polar surface area (TPSA) is 117 Å². The van der Waals surface area contributed by atoms with E-state index < -0.39 is 10.0 Å². The van der Waals surface area contributed by atoms with Crippen LogP contribution in [0.5, 0.6) is 0 Å². The highest BCUT2D eigenvalue weighted by atomic mass is 32.2. The summed E-state index contributed by atoms with van der Waals surface area (Å²) < 4.78 is 34.6. The highest BCUT2D eigenvalue weighted by molar-refractivity contribution is 7.89. The first kappa shape index (κ1) is 21.7. The van der Waals surface area contributed by atoms with E-state index >= 15 is 0 Å². The maximum Gasteiger partial charge on any atom is 0.248 e. The third-order valence-corrected chi connectivity index (χ3v) is 7.43. The molecule has 0 unspecified atom stereocenters. The molecule has 12 heteroatoms. The minimum Gasteiger partial charge on any atom is -0.360 e. The van der Waals surface area contributed by atoms with E-state index in [1.807, 2.05) is 6.92 Å². The lowest BCUT2D eigenvalue weighted by atomic mass is 10.3. The Morgan fingerprint density at radius 3 is 2.66 bits per heavy atom. The normalized spacial score (nSPS) is 16.2. The Bertz CT molecular complexity index is 1020. The van der Waals surface area contributed by atoms with Crippen molar-refractivity contribution >= 4 is 28.1 Å². The number of carbonyl (C=O) groups is 1. The van der Waals surface area contributed by atoms with Crippen molar-refractivity contribution in [3.8, 4) is 0 Å². The Balaban J connectivity index is 1.71. The number of aromatic amines is 1. The van der Waals surface area contributed by atoms with E-state index in [0.29, 0.717) is 36.5 Å². The van der Waals surface area contributed by atoms with Gasteiger partial charge in [-0.3, -0.25) is 14.5 Å². The lowest BCUT2D eigenvalue weighted by Gasteiger charge is -2.22. The second-order valence-electron chi connectivity index (χ2n) is 7.07. The second-order valence-corrected chi connectivity index (χ2v) is 9.33. The summed E-state index contributed by atoms with van der Waals surface area (Å²) in [6.45, 7) is 6.69. The fraction of sp³-hybridized carbons (Fsp3) is 0.647. The number of nitrogens with zero attached hydrogens (tertiary/aromatic N) is 5. The van der Waals surface area contributed by atoms with Crippen LogP contribution >= 0.6 is 12.2 Å². The monoisotopic (exact) mass is 442 g/mol. The van der Waals surface area contributed by atoms with Crippen LogP contribution in [0.3, 0.4) is 0 Å². The van der Waals surface area contributed by atoms with Gasteiger partial charge in [-0.25, -0.2) is 8.42 Å². The summed E-state index contributed by atoms with van der Waals surface area (Å²) in [6.07, 6.45) is 2.17. The molecule has 0 bridgehead atoms. The molecule has 0 spiro atoms. The highest BCUT2D eigenvalue weighted by Crippen LogP contribution is 2.24. The van der Waals surface area contributed by atoms with Crippen molar-refractivity contribution in [2.45, 2.75) is 51.5 Å². The first-order chi connectivity index (χ1) is 13.8. The number of H-pyrrole nitrogens is 1. The van der Waals surface area contributed by atoms with Crippen molar-refractivity contribution in [3.05, 3.63) is 22.0 Å². The number of aryl methyl sites for hydroxylation is 3. The zero-order valence-corrected chi connectivity index (χ0v) is 18.5. The lowest BCUT2D eigenvalue weighted by Crippen LogP contribution is -2.39. The predicted molar refractivity (Wildman–Crippen MR) is 107 cm³/mol. The lowest BCUT2D eigenvalue weighted by molar-refractivity contribution is -0.131. The zero-order valence-electron chi connectivity index (χ0n) is 16.8. The van der Waals surface area contributed by atoms with Gasteiger partial charge in [0.15, 0.2) is 10.5 Å². The van der Waals surface area contributed by atoms with Gasteiger partial charge in [-0.05, 0) is 38.9 Å². The molecule has 0 saturated carbocycles. The Kier molecular flexibility index (Phi) is 6.54. The van der Waals surface area contributed by atoms with Gasteiger partial charge in [-0.2, -0.15) is 9.40 Å². The number of amides is 1. The third kappa shape index (κ3) is 4.43. The van der Waals surface area contributed by atoms with Crippen LogP contribution in [0.2, 0.25) is 0 Å². The highest BCUT2D eigenvalue weighted by Gasteiger charge is 2.33. The number of hydrogen-bond donors (Lipinski definition) is 1. The summed E-state index contributed by atoms with van der Waals surface area (Å²) in [6, 6.07) is 0. The molecule has 1 aliphatic heterocycles. The molecular weight excluding hydrogens is 416 g/mol. The molecule has 0 radical (unpaired) electrons. The van der Waals surface area contributed by atoms with E-state index in [1.54, 1.807) is 23.3 Å². The minimum absolute atomic E-state index is 0.0985. The van der Waals surface area contributed by atoms with Gasteiger partial charge in [0.25, 0.3) is 0 Å². The third-order valence-electron chi connectivity index (χ3n) is 4.98. The molecule has 0 atom stereocenters. The number of aromatic nitrogens is 4. The molecule has 1 amide bonds. The van der Waals surface area contributed by atoms with Crippen molar-refractivity contribution in [1.82, 2.24) is 29.1 Å². The minimum atomic E-state index is -3.72. The molecule has 0 aromatic carbocycles. The molecule has 3 heterocycles. The molecule has 29 heavy (non-hydrogen) atoms. The van der Waals surface area contributed by atoms with Gasteiger partial charge in [0.1, 0.15) is 23.0 Å². The molecule has 2 aromatic rings. The van der Waals surface area contributed by atoms with Crippen LogP contribution in [0.25, 0.3) is 0 Å². The number of hydrogen-bond acceptors (Lipinski definition) is 7. The standard InChI is InChI=1S/C17H26N6O4S2/c1-4-6-14-18-19-17(28)23(14)11-15(24)21-7-5-8-22(10-9-21)29(25,26)16-12(2)20-27-13(16)3/h4-11H2,1-3H3,(H,19,28). The van der Waals surface area contributed by atoms with E-state index in [-0.39, 0.29) is 29.7 Å². The van der Waals surface area contributed by atoms with Crippen LogP contribution in [-0.4, -0.2) is 69.6 Å². The average molecular weight is 443 g/mol. The molecule has 3 rings (SSSR count). The molecule has 10 nitrogen and oxygen atoms in total. The van der Waals surface area contributed by atoms with Gasteiger partial charge >= 0.3 is 0 Å². The van der Waals surface area contributed by atoms with E-state index in [2.05, 4.69) is 15.4 Å². The molecule has 160 valence electrons. The van der Waals surface area contributed by atoms with Gasteiger partial charge < -0.3 is 9.42 Å². The van der Waals surface area contributed by atoms with E-state index in [1.165, 1.54) is 4.31 Å². The summed E-state index contributed by atoms with van der Waals surface area (Å²) in [5.41, 5.74) is 0.345. The van der Waals surface area contributed by atoms with Crippen molar-refractivity contribution in [3.63, 3.8) is 0 Å². The van der Waals surface area contributed by atoms with Gasteiger partial charge in [-0.1, -0.05) is 12.1 Å². The SMILES string of the molecule is CCCc1n[nH]c(=S)n1CC(=O)N1CCCN(S(=O)(=O)c2c(C)noc2C)CC1. The van der Waals surface area contributed by atoms with Crippen LogP contribution in [0, 0.1) is 18.6 Å². The number of nitrogens with one attached hydrogen (secondary N) is 1. The van der Waals surface area contributed by atoms with E-state index in [0.717, 1.165) is 18.7 Å². The molecule has 1 saturated heterocycles. The van der Waals surface area contributed by atoms with Crippen LogP contribution in [0.15, 0.2) is 9.42 Å². The first-order valence-corrected chi connectivity index (χ1v) is 11.5. The molecule has 1 fully saturated rings. The summed E-state index contributed by atoms with van der Waals surface area (Å²) in [7, 11) is -3.72. The second kappa shape index (κ2) is 8.76. The maximum atomic E-state index is 13.0. The Morgan fingerprint density at radius 1 is 1.24 bits per heavy atom. The summed E-state index contributed by atoms with van der Waals surface area (Å²) in [5.74, 6) is 0.928. The van der Waals surface area contributed by atoms with Crippen LogP contribution in [-0.2, 0) is 27.8 Å². The van der Waals surface area contributed by atoms with Gasteiger partial charge in [0.05, 0.1) is 0 Å². The summed E-state index contributed by atoms with van der Waals surface area (Å²) in [5, 5.41) is 10.7. The number of carbonyl (C=O) groups excluding carboxylic acids is 1. The zero-order chi connectivity index (χ0) is 21.2. The van der Waals surface area contributed by atoms with Gasteiger partial charge in [-0.15, -0.1) is 0 Å². The fourth-order valence-corrected chi connectivity index (χ4v) is 5.49. The van der Waals surface area contributed by atoms with E-state index in [4.69, 9.17) is 16.7 Å². The van der Waals surface area contributed by atoms with Crippen molar-refractivity contribution in [2.24, 2.45) is 0 Å². The van der Waals surface area contributed by atoms with Crippen molar-refractivity contribution in [1.29, 1.82) is 0 Å². The van der Waals surface area contributed by atoms with Crippen LogP contribution in [0.1, 0.15) is 37.0 Å². The summed E-state index contributed by atoms with van der Waals surface area (Å²) >= 11 is 5.24. The molecule has 2 aromatic heterocycles. The molecular formula is C17H26N6O4S2. The van der Waals surface area contributed by atoms with Crippen molar-refractivity contribution < 1.29 is 17.7 Å². The smallest absolute Gasteiger partial charge is 0.248 e. The molecule has 0 aliphatic carbocycles. The predicted octanol–water partition coefficient (Wildman–Crippen LogP) is 1.42. The van der Waals surface area contributed by atoms with Crippen molar-refractivity contribution in [2.75, 3.05) is 26.2 Å². The molecule has 1 N–H and O–H groups in total. The average Bonchev–Trinajstić information content (AvgIpc) is 3.06. The maximum absolute atomic E-state index is 13.0. The number of sulfonamides is 1. The Labute approximate surface area is 174 Å². The molecule has 1 aliphatic rings. The summed E-state index contributed by atoms with van der Waals surface area (Å²) in [4.78, 5) is 14.6. The largest absolute Gasteiger partial charge is 0.360 e. The van der Waals surface area contributed by atoms with Crippen LogP contribution in [0.4, 0.5) is 0 Å². The number of rotatable bonds is 6. The quantitative estimate of drug-likeness (QED) is 0.672. The van der Waals surface area contributed by atoms with E-state index in [9.17, 15) is 13.2 Å². The van der Waals surface area contributed by atoms with Crippen LogP contribution < -0.4 is 0 Å². The first-order valence-electron chi connectivity index (χ1n) is 9.60. The van der Waals surface area contributed by atoms with Gasteiger partial charge in [0.2, 0.25) is 15.9 Å². The van der Waals surface area contributed by atoms with Gasteiger partial charge in [0, 0.05) is 32.6 Å².